The minimum absolute atomic E-state index is 0.0285. The molecule has 0 fully saturated rings. The molecule has 0 aliphatic rings. The Morgan fingerprint density at radius 1 is 1.03 bits per heavy atom. The summed E-state index contributed by atoms with van der Waals surface area (Å²) in [4.78, 5) is 14.3. The number of rotatable bonds is 11. The van der Waals surface area contributed by atoms with E-state index >= 15 is 0 Å². The third-order valence-electron chi connectivity index (χ3n) is 4.17. The molecule has 158 valence electrons. The highest BCUT2D eigenvalue weighted by Gasteiger charge is 2.14. The maximum Gasteiger partial charge on any atom is 0.240 e. The summed E-state index contributed by atoms with van der Waals surface area (Å²) >= 11 is 0. The molecule has 1 amide bonds. The Labute approximate surface area is 173 Å². The average Bonchev–Trinajstić information content (AvgIpc) is 2.67. The van der Waals surface area contributed by atoms with E-state index in [1.807, 2.05) is 45.3 Å². The molecule has 0 aliphatic carbocycles. The van der Waals surface area contributed by atoms with Crippen LogP contribution in [0.4, 0.5) is 0 Å². The summed E-state index contributed by atoms with van der Waals surface area (Å²) in [5, 5.41) is 2.85. The molecule has 0 saturated carbocycles. The molecule has 8 heteroatoms. The number of hydrogen-bond donors (Lipinski definition) is 2. The van der Waals surface area contributed by atoms with Gasteiger partial charge in [0.15, 0.2) is 0 Å². The van der Waals surface area contributed by atoms with Crippen LogP contribution < -0.4 is 14.8 Å². The van der Waals surface area contributed by atoms with Crippen molar-refractivity contribution in [3.05, 3.63) is 59.7 Å². The molecule has 2 aromatic rings. The smallest absolute Gasteiger partial charge is 0.240 e. The number of nitrogens with zero attached hydrogens (tertiary/aromatic N) is 1. The Hall–Kier alpha value is -2.42. The van der Waals surface area contributed by atoms with E-state index in [9.17, 15) is 13.2 Å². The molecule has 0 heterocycles. The van der Waals surface area contributed by atoms with Crippen molar-refractivity contribution in [2.24, 2.45) is 0 Å². The summed E-state index contributed by atoms with van der Waals surface area (Å²) in [6, 6.07) is 14.1. The Balaban J connectivity index is 1.82. The maximum absolute atomic E-state index is 12.3. The van der Waals surface area contributed by atoms with Gasteiger partial charge >= 0.3 is 0 Å². The van der Waals surface area contributed by atoms with E-state index in [-0.39, 0.29) is 23.8 Å². The standard InChI is InChI=1S/C21H29N3O4S/c1-4-28-19-9-11-20(12-10-19)29(26,27)23-14-13-21(25)22-15-17-7-5-6-8-18(17)16-24(2)3/h5-12,23H,4,13-16H2,1-3H3,(H,22,25). The van der Waals surface area contributed by atoms with Crippen LogP contribution in [-0.2, 0) is 27.9 Å². The van der Waals surface area contributed by atoms with E-state index in [1.165, 1.54) is 12.1 Å². The molecule has 0 aromatic heterocycles. The van der Waals surface area contributed by atoms with Crippen LogP contribution in [0.15, 0.2) is 53.4 Å². The Bertz CT molecular complexity index is 896. The molecular weight excluding hydrogens is 390 g/mol. The molecule has 2 aromatic carbocycles. The van der Waals surface area contributed by atoms with E-state index in [0.717, 1.165) is 17.7 Å². The van der Waals surface area contributed by atoms with Gasteiger partial charge < -0.3 is 15.0 Å². The quantitative estimate of drug-likeness (QED) is 0.583. The third-order valence-corrected chi connectivity index (χ3v) is 5.65. The molecule has 0 atom stereocenters. The van der Waals surface area contributed by atoms with Gasteiger partial charge in [-0.3, -0.25) is 4.79 Å². The predicted molar refractivity (Wildman–Crippen MR) is 113 cm³/mol. The Kier molecular flexibility index (Phi) is 8.63. The number of nitrogens with one attached hydrogen (secondary N) is 2. The summed E-state index contributed by atoms with van der Waals surface area (Å²) in [6.45, 7) is 3.60. The number of carbonyl (C=O) groups excluding carboxylic acids is 1. The lowest BCUT2D eigenvalue weighted by Gasteiger charge is -2.14. The zero-order valence-corrected chi connectivity index (χ0v) is 18.0. The average molecular weight is 420 g/mol. The summed E-state index contributed by atoms with van der Waals surface area (Å²) in [5.74, 6) is 0.402. The first-order valence-electron chi connectivity index (χ1n) is 9.52. The summed E-state index contributed by atoms with van der Waals surface area (Å²) < 4.78 is 32.4. The van der Waals surface area contributed by atoms with Crippen molar-refractivity contribution in [3.63, 3.8) is 0 Å². The van der Waals surface area contributed by atoms with Crippen molar-refractivity contribution in [1.29, 1.82) is 0 Å². The number of sulfonamides is 1. The molecule has 2 N–H and O–H groups in total. The first-order chi connectivity index (χ1) is 13.8. The number of ether oxygens (including phenoxy) is 1. The Morgan fingerprint density at radius 3 is 2.31 bits per heavy atom. The Morgan fingerprint density at radius 2 is 1.69 bits per heavy atom. The van der Waals surface area contributed by atoms with E-state index in [2.05, 4.69) is 14.9 Å². The van der Waals surface area contributed by atoms with Crippen molar-refractivity contribution in [3.8, 4) is 5.75 Å². The minimum atomic E-state index is -3.67. The first kappa shape index (κ1) is 22.9. The third kappa shape index (κ3) is 7.49. The van der Waals surface area contributed by atoms with E-state index in [1.54, 1.807) is 12.1 Å². The van der Waals surface area contributed by atoms with Gasteiger partial charge in [-0.1, -0.05) is 24.3 Å². The number of amides is 1. The van der Waals surface area contributed by atoms with Crippen molar-refractivity contribution >= 4 is 15.9 Å². The fourth-order valence-electron chi connectivity index (χ4n) is 2.77. The first-order valence-corrected chi connectivity index (χ1v) is 11.0. The van der Waals surface area contributed by atoms with E-state index < -0.39 is 10.0 Å². The summed E-state index contributed by atoms with van der Waals surface area (Å²) in [6.07, 6.45) is 0.0616. The molecule has 2 rings (SSSR count). The van der Waals surface area contributed by atoms with Crippen LogP contribution in [0.3, 0.4) is 0 Å². The molecule has 0 saturated heterocycles. The highest BCUT2D eigenvalue weighted by Crippen LogP contribution is 2.15. The van der Waals surface area contributed by atoms with Crippen LogP contribution in [0.5, 0.6) is 5.75 Å². The molecule has 0 bridgehead atoms. The second kappa shape index (κ2) is 10.9. The van der Waals surface area contributed by atoms with Crippen molar-refractivity contribution < 1.29 is 17.9 Å². The number of hydrogen-bond acceptors (Lipinski definition) is 5. The molecular formula is C21H29N3O4S. The van der Waals surface area contributed by atoms with Gasteiger partial charge in [-0.25, -0.2) is 13.1 Å². The van der Waals surface area contributed by atoms with Crippen LogP contribution in [0.1, 0.15) is 24.5 Å². The van der Waals surface area contributed by atoms with E-state index in [4.69, 9.17) is 4.74 Å². The monoisotopic (exact) mass is 419 g/mol. The molecule has 0 unspecified atom stereocenters. The topological polar surface area (TPSA) is 87.7 Å². The lowest BCUT2D eigenvalue weighted by molar-refractivity contribution is -0.121. The van der Waals surface area contributed by atoms with Gasteiger partial charge in [-0.2, -0.15) is 0 Å². The van der Waals surface area contributed by atoms with Crippen LogP contribution in [-0.4, -0.2) is 46.5 Å². The number of carbonyl (C=O) groups is 1. The van der Waals surface area contributed by atoms with E-state index in [0.29, 0.717) is 18.9 Å². The van der Waals surface area contributed by atoms with Crippen LogP contribution in [0.2, 0.25) is 0 Å². The van der Waals surface area contributed by atoms with Gasteiger partial charge in [-0.05, 0) is 56.4 Å². The molecule has 0 spiro atoms. The molecule has 7 nitrogen and oxygen atoms in total. The maximum atomic E-state index is 12.3. The highest BCUT2D eigenvalue weighted by molar-refractivity contribution is 7.89. The second-order valence-corrected chi connectivity index (χ2v) is 8.60. The van der Waals surface area contributed by atoms with Crippen LogP contribution >= 0.6 is 0 Å². The zero-order chi connectivity index (χ0) is 21.3. The van der Waals surface area contributed by atoms with Crippen molar-refractivity contribution in [2.75, 3.05) is 27.2 Å². The van der Waals surface area contributed by atoms with Crippen LogP contribution in [0.25, 0.3) is 0 Å². The number of benzene rings is 2. The molecule has 0 aliphatic heterocycles. The van der Waals surface area contributed by atoms with Gasteiger partial charge in [0, 0.05) is 26.1 Å². The second-order valence-electron chi connectivity index (χ2n) is 6.84. The fraction of sp³-hybridized carbons (Fsp3) is 0.381. The summed E-state index contributed by atoms with van der Waals surface area (Å²) in [5.41, 5.74) is 2.19. The molecule has 0 radical (unpaired) electrons. The lowest BCUT2D eigenvalue weighted by Crippen LogP contribution is -2.30. The zero-order valence-electron chi connectivity index (χ0n) is 17.1. The van der Waals surface area contributed by atoms with Gasteiger partial charge in [0.05, 0.1) is 11.5 Å². The highest BCUT2D eigenvalue weighted by atomic mass is 32.2. The van der Waals surface area contributed by atoms with Crippen molar-refractivity contribution in [1.82, 2.24) is 14.9 Å². The predicted octanol–water partition coefficient (Wildman–Crippen LogP) is 2.13. The lowest BCUT2D eigenvalue weighted by atomic mass is 10.1. The SMILES string of the molecule is CCOc1ccc(S(=O)(=O)NCCC(=O)NCc2ccccc2CN(C)C)cc1. The van der Waals surface area contributed by atoms with Crippen LogP contribution in [0, 0.1) is 0 Å². The van der Waals surface area contributed by atoms with Gasteiger partial charge in [0.1, 0.15) is 5.75 Å². The van der Waals surface area contributed by atoms with Crippen molar-refractivity contribution in [2.45, 2.75) is 31.3 Å². The normalized spacial score (nSPS) is 11.4. The molecule has 29 heavy (non-hydrogen) atoms. The van der Waals surface area contributed by atoms with Gasteiger partial charge in [-0.15, -0.1) is 0 Å². The van der Waals surface area contributed by atoms with Gasteiger partial charge in [0.2, 0.25) is 15.9 Å². The fourth-order valence-corrected chi connectivity index (χ4v) is 3.80. The minimum Gasteiger partial charge on any atom is -0.494 e. The summed E-state index contributed by atoms with van der Waals surface area (Å²) in [7, 11) is 0.318. The largest absolute Gasteiger partial charge is 0.494 e. The van der Waals surface area contributed by atoms with Gasteiger partial charge in [0.25, 0.3) is 0 Å².